The quantitative estimate of drug-likeness (QED) is 0.798. The first kappa shape index (κ1) is 14.6. The van der Waals surface area contributed by atoms with Crippen molar-refractivity contribution in [3.63, 3.8) is 0 Å². The summed E-state index contributed by atoms with van der Waals surface area (Å²) < 4.78 is 0. The maximum Gasteiger partial charge on any atom is 0.335 e. The molecule has 1 rings (SSSR count). The van der Waals surface area contributed by atoms with Gasteiger partial charge in [-0.15, -0.1) is 0 Å². The summed E-state index contributed by atoms with van der Waals surface area (Å²) in [5, 5.41) is 12.5. The molecule has 0 radical (unpaired) electrons. The van der Waals surface area contributed by atoms with Crippen LogP contribution in [0.3, 0.4) is 0 Å². The maximum absolute atomic E-state index is 10.9. The van der Waals surface area contributed by atoms with Crippen molar-refractivity contribution in [2.24, 2.45) is 0 Å². The van der Waals surface area contributed by atoms with Gasteiger partial charge >= 0.3 is 5.97 Å². The molecule has 0 heterocycles. The molecule has 0 spiro atoms. The number of hydrogen-bond acceptors (Lipinski definition) is 2. The van der Waals surface area contributed by atoms with E-state index in [-0.39, 0.29) is 5.54 Å². The number of hydrogen-bond donors (Lipinski definition) is 2. The van der Waals surface area contributed by atoms with E-state index in [1.165, 1.54) is 0 Å². The molecule has 0 unspecified atom stereocenters. The van der Waals surface area contributed by atoms with E-state index in [1.54, 1.807) is 12.1 Å². The van der Waals surface area contributed by atoms with E-state index in [4.69, 9.17) is 5.11 Å². The molecule has 0 bridgehead atoms. The second-order valence-electron chi connectivity index (χ2n) is 4.80. The van der Waals surface area contributed by atoms with Crippen LogP contribution in [-0.4, -0.2) is 16.6 Å². The highest BCUT2D eigenvalue weighted by atomic mass is 16.4. The number of aryl methyl sites for hydroxylation is 1. The third-order valence-electron chi connectivity index (χ3n) is 3.90. The molecule has 3 nitrogen and oxygen atoms in total. The summed E-state index contributed by atoms with van der Waals surface area (Å²) in [6, 6.07) is 5.24. The zero-order valence-electron chi connectivity index (χ0n) is 11.7. The molecule has 0 aromatic heterocycles. The van der Waals surface area contributed by atoms with E-state index < -0.39 is 5.97 Å². The second kappa shape index (κ2) is 5.89. The predicted molar refractivity (Wildman–Crippen MR) is 75.4 cm³/mol. The molecule has 1 aromatic carbocycles. The van der Waals surface area contributed by atoms with E-state index in [0.29, 0.717) is 5.56 Å². The number of aromatic carboxylic acids is 1. The summed E-state index contributed by atoms with van der Waals surface area (Å²) >= 11 is 0. The zero-order valence-corrected chi connectivity index (χ0v) is 11.7. The summed E-state index contributed by atoms with van der Waals surface area (Å²) in [5.74, 6) is -0.877. The van der Waals surface area contributed by atoms with Gasteiger partial charge in [0.2, 0.25) is 0 Å². The van der Waals surface area contributed by atoms with Gasteiger partial charge in [-0.1, -0.05) is 20.8 Å². The van der Waals surface area contributed by atoms with Crippen LogP contribution in [0.25, 0.3) is 0 Å². The average molecular weight is 249 g/mol. The Hall–Kier alpha value is -1.51. The van der Waals surface area contributed by atoms with Crippen LogP contribution in [0.1, 0.15) is 56.0 Å². The third kappa shape index (κ3) is 3.03. The molecule has 0 saturated heterocycles. The Kier molecular flexibility index (Phi) is 4.76. The Labute approximate surface area is 109 Å². The van der Waals surface area contributed by atoms with Crippen LogP contribution in [0.5, 0.6) is 0 Å². The van der Waals surface area contributed by atoms with Gasteiger partial charge < -0.3 is 10.4 Å². The van der Waals surface area contributed by atoms with Crippen LogP contribution >= 0.6 is 0 Å². The van der Waals surface area contributed by atoms with E-state index in [2.05, 4.69) is 26.1 Å². The molecule has 3 heteroatoms. The molecule has 100 valence electrons. The number of rotatable bonds is 6. The van der Waals surface area contributed by atoms with Crippen molar-refractivity contribution >= 4 is 11.7 Å². The van der Waals surface area contributed by atoms with Gasteiger partial charge in [-0.25, -0.2) is 4.79 Å². The van der Waals surface area contributed by atoms with Crippen LogP contribution in [0.2, 0.25) is 0 Å². The Morgan fingerprint density at radius 3 is 2.17 bits per heavy atom. The Bertz CT molecular complexity index is 414. The van der Waals surface area contributed by atoms with Gasteiger partial charge in [0, 0.05) is 11.2 Å². The lowest BCUT2D eigenvalue weighted by Crippen LogP contribution is -2.36. The fourth-order valence-corrected chi connectivity index (χ4v) is 2.24. The van der Waals surface area contributed by atoms with Crippen LogP contribution < -0.4 is 5.32 Å². The topological polar surface area (TPSA) is 49.3 Å². The van der Waals surface area contributed by atoms with Crippen LogP contribution in [0, 0.1) is 6.92 Å². The van der Waals surface area contributed by atoms with Crippen molar-refractivity contribution < 1.29 is 9.90 Å². The summed E-state index contributed by atoms with van der Waals surface area (Å²) in [5.41, 5.74) is 2.46. The summed E-state index contributed by atoms with van der Waals surface area (Å²) in [7, 11) is 0. The van der Waals surface area contributed by atoms with Gasteiger partial charge in [0.25, 0.3) is 0 Å². The van der Waals surface area contributed by atoms with Gasteiger partial charge in [-0.3, -0.25) is 0 Å². The first-order chi connectivity index (χ1) is 8.48. The Balaban J connectivity index is 3.01. The first-order valence-corrected chi connectivity index (χ1v) is 6.60. The van der Waals surface area contributed by atoms with E-state index in [9.17, 15) is 4.79 Å². The highest BCUT2D eigenvalue weighted by molar-refractivity contribution is 5.88. The lowest BCUT2D eigenvalue weighted by molar-refractivity contribution is 0.0697. The smallest absolute Gasteiger partial charge is 0.335 e. The van der Waals surface area contributed by atoms with Crippen molar-refractivity contribution in [1.82, 2.24) is 0 Å². The fourth-order valence-electron chi connectivity index (χ4n) is 2.24. The number of carbonyl (C=O) groups is 1. The molecule has 0 aliphatic rings. The Morgan fingerprint density at radius 1 is 1.22 bits per heavy atom. The van der Waals surface area contributed by atoms with Gasteiger partial charge in [0.1, 0.15) is 0 Å². The van der Waals surface area contributed by atoms with Crippen LogP contribution in [0.15, 0.2) is 18.2 Å². The molecule has 0 aliphatic carbocycles. The molecule has 0 saturated carbocycles. The monoisotopic (exact) mass is 249 g/mol. The molecule has 2 N–H and O–H groups in total. The molecular formula is C15H23NO2. The SMILES string of the molecule is CCC(CC)(CC)Nc1ccc(C(=O)O)cc1C. The molecule has 0 amide bonds. The number of nitrogens with one attached hydrogen (secondary N) is 1. The average Bonchev–Trinajstić information content (AvgIpc) is 2.38. The second-order valence-corrected chi connectivity index (χ2v) is 4.80. The van der Waals surface area contributed by atoms with Gasteiger partial charge in [0.15, 0.2) is 0 Å². The fraction of sp³-hybridized carbons (Fsp3) is 0.533. The molecule has 0 fully saturated rings. The minimum absolute atomic E-state index is 0.107. The number of benzene rings is 1. The van der Waals surface area contributed by atoms with Crippen molar-refractivity contribution in [2.75, 3.05) is 5.32 Å². The molecule has 0 aliphatic heterocycles. The number of carboxylic acids is 1. The maximum atomic E-state index is 10.9. The lowest BCUT2D eigenvalue weighted by Gasteiger charge is -2.33. The van der Waals surface area contributed by atoms with Gasteiger partial charge in [-0.05, 0) is 49.9 Å². The molecule has 1 aromatic rings. The van der Waals surface area contributed by atoms with Crippen LogP contribution in [0.4, 0.5) is 5.69 Å². The zero-order chi connectivity index (χ0) is 13.8. The summed E-state index contributed by atoms with van der Waals surface area (Å²) in [6.45, 7) is 8.49. The molecular weight excluding hydrogens is 226 g/mol. The lowest BCUT2D eigenvalue weighted by atomic mass is 9.89. The standard InChI is InChI=1S/C15H23NO2/c1-5-15(6-2,7-3)16-13-9-8-12(14(17)18)10-11(13)4/h8-10,16H,5-7H2,1-4H3,(H,17,18). The van der Waals surface area contributed by atoms with E-state index in [0.717, 1.165) is 30.5 Å². The van der Waals surface area contributed by atoms with E-state index >= 15 is 0 Å². The largest absolute Gasteiger partial charge is 0.478 e. The summed E-state index contributed by atoms with van der Waals surface area (Å²) in [4.78, 5) is 10.9. The van der Waals surface area contributed by atoms with Gasteiger partial charge in [0.05, 0.1) is 5.56 Å². The van der Waals surface area contributed by atoms with Crippen molar-refractivity contribution in [3.8, 4) is 0 Å². The number of carboxylic acid groups (broad SMARTS) is 1. The third-order valence-corrected chi connectivity index (χ3v) is 3.90. The van der Waals surface area contributed by atoms with Crippen molar-refractivity contribution in [3.05, 3.63) is 29.3 Å². The normalized spacial score (nSPS) is 11.3. The predicted octanol–water partition coefficient (Wildman–Crippen LogP) is 4.07. The first-order valence-electron chi connectivity index (χ1n) is 6.60. The molecule has 18 heavy (non-hydrogen) atoms. The van der Waals surface area contributed by atoms with Crippen LogP contribution in [-0.2, 0) is 0 Å². The molecule has 0 atom stereocenters. The van der Waals surface area contributed by atoms with Gasteiger partial charge in [-0.2, -0.15) is 0 Å². The van der Waals surface area contributed by atoms with Crippen molar-refractivity contribution in [2.45, 2.75) is 52.5 Å². The van der Waals surface area contributed by atoms with E-state index in [1.807, 2.05) is 13.0 Å². The van der Waals surface area contributed by atoms with Crippen molar-refractivity contribution in [1.29, 1.82) is 0 Å². The highest BCUT2D eigenvalue weighted by Gasteiger charge is 2.23. The minimum atomic E-state index is -0.877. The summed E-state index contributed by atoms with van der Waals surface area (Å²) in [6.07, 6.45) is 3.17. The Morgan fingerprint density at radius 2 is 1.78 bits per heavy atom. The highest BCUT2D eigenvalue weighted by Crippen LogP contribution is 2.27. The number of anilines is 1. The minimum Gasteiger partial charge on any atom is -0.478 e.